The minimum atomic E-state index is 0.609. The van der Waals surface area contributed by atoms with Gasteiger partial charge in [0, 0.05) is 28.5 Å². The molecular weight excluding hydrogens is 452 g/mol. The van der Waals surface area contributed by atoms with Crippen LogP contribution < -0.4 is 4.57 Å². The second-order valence-electron chi connectivity index (χ2n) is 9.81. The molecule has 3 nitrogen and oxygen atoms in total. The van der Waals surface area contributed by atoms with E-state index in [0.717, 1.165) is 55.4 Å². The molecule has 0 bridgehead atoms. The standard InChI is InChI=1S/C34H27N2O/c1-21-8-11-24(12-9-21)27-16-13-25(19-23(27)3)32-26(20-35)14-17-29-28-15-10-22(2)31(33(28)37-34(29)32)30-7-5-6-18-36(30)4/h5-19H,1-4H3/q+1. The van der Waals surface area contributed by atoms with E-state index in [4.69, 9.17) is 4.42 Å². The lowest BCUT2D eigenvalue weighted by Gasteiger charge is -2.11. The highest BCUT2D eigenvalue weighted by atomic mass is 16.3. The van der Waals surface area contributed by atoms with Crippen LogP contribution in [0.2, 0.25) is 0 Å². The van der Waals surface area contributed by atoms with Gasteiger partial charge >= 0.3 is 0 Å². The summed E-state index contributed by atoms with van der Waals surface area (Å²) in [4.78, 5) is 0. The molecule has 2 aromatic heterocycles. The minimum absolute atomic E-state index is 0.609. The molecule has 0 spiro atoms. The van der Waals surface area contributed by atoms with Crippen molar-refractivity contribution in [1.29, 1.82) is 5.26 Å². The van der Waals surface area contributed by atoms with Gasteiger partial charge in [-0.3, -0.25) is 0 Å². The number of furan rings is 1. The molecule has 0 atom stereocenters. The Labute approximate surface area is 216 Å². The molecular formula is C34H27N2O+. The van der Waals surface area contributed by atoms with E-state index in [1.54, 1.807) is 0 Å². The Kier molecular flexibility index (Phi) is 5.39. The van der Waals surface area contributed by atoms with Gasteiger partial charge in [-0.25, -0.2) is 4.57 Å². The predicted octanol–water partition coefficient (Wildman–Crippen LogP) is 8.21. The van der Waals surface area contributed by atoms with E-state index in [9.17, 15) is 5.26 Å². The molecule has 0 amide bonds. The molecule has 0 aliphatic rings. The van der Waals surface area contributed by atoms with E-state index < -0.39 is 0 Å². The van der Waals surface area contributed by atoms with Gasteiger partial charge in [-0.15, -0.1) is 0 Å². The van der Waals surface area contributed by atoms with Crippen molar-refractivity contribution in [2.45, 2.75) is 20.8 Å². The van der Waals surface area contributed by atoms with Crippen molar-refractivity contribution in [3.8, 4) is 39.6 Å². The minimum Gasteiger partial charge on any atom is -0.454 e. The Bertz CT molecular complexity index is 1870. The highest BCUT2D eigenvalue weighted by Gasteiger charge is 2.23. The van der Waals surface area contributed by atoms with Gasteiger partial charge in [0.2, 0.25) is 5.69 Å². The largest absolute Gasteiger partial charge is 0.454 e. The number of benzene rings is 4. The molecule has 6 aromatic rings. The second kappa shape index (κ2) is 8.76. The van der Waals surface area contributed by atoms with Gasteiger partial charge in [0.15, 0.2) is 6.20 Å². The molecule has 0 fully saturated rings. The Balaban J connectivity index is 1.61. The lowest BCUT2D eigenvalue weighted by atomic mass is 9.92. The van der Waals surface area contributed by atoms with Crippen molar-refractivity contribution in [3.63, 3.8) is 0 Å². The van der Waals surface area contributed by atoms with Gasteiger partial charge in [0.05, 0.1) is 17.2 Å². The molecule has 0 saturated heterocycles. The number of aromatic nitrogens is 1. The third kappa shape index (κ3) is 3.70. The summed E-state index contributed by atoms with van der Waals surface area (Å²) in [6.07, 6.45) is 2.05. The first-order valence-electron chi connectivity index (χ1n) is 12.5. The Morgan fingerprint density at radius 1 is 0.703 bits per heavy atom. The zero-order valence-electron chi connectivity index (χ0n) is 21.5. The van der Waals surface area contributed by atoms with Gasteiger partial charge in [-0.05, 0) is 66.8 Å². The number of fused-ring (bicyclic) bond motifs is 3. The van der Waals surface area contributed by atoms with Gasteiger partial charge in [-0.1, -0.05) is 60.2 Å². The maximum absolute atomic E-state index is 10.1. The summed E-state index contributed by atoms with van der Waals surface area (Å²) in [5, 5.41) is 12.1. The number of rotatable bonds is 3. The average molecular weight is 480 g/mol. The highest BCUT2D eigenvalue weighted by Crippen LogP contribution is 2.42. The molecule has 0 aliphatic carbocycles. The smallest absolute Gasteiger partial charge is 0.216 e. The molecule has 0 aliphatic heterocycles. The molecule has 0 saturated carbocycles. The van der Waals surface area contributed by atoms with Crippen molar-refractivity contribution in [1.82, 2.24) is 0 Å². The number of hydrogen-bond acceptors (Lipinski definition) is 2. The van der Waals surface area contributed by atoms with Crippen LogP contribution in [0.25, 0.3) is 55.4 Å². The van der Waals surface area contributed by atoms with Crippen LogP contribution >= 0.6 is 0 Å². The van der Waals surface area contributed by atoms with Crippen LogP contribution in [0.3, 0.4) is 0 Å². The summed E-state index contributed by atoms with van der Waals surface area (Å²) < 4.78 is 8.82. The summed E-state index contributed by atoms with van der Waals surface area (Å²) in [6.45, 7) is 6.34. The zero-order valence-corrected chi connectivity index (χ0v) is 21.5. The molecule has 0 radical (unpaired) electrons. The molecule has 2 heterocycles. The van der Waals surface area contributed by atoms with E-state index in [1.165, 1.54) is 16.7 Å². The second-order valence-corrected chi connectivity index (χ2v) is 9.81. The summed E-state index contributed by atoms with van der Waals surface area (Å²) in [6, 6.07) is 31.8. The molecule has 4 aromatic carbocycles. The number of pyridine rings is 1. The normalized spacial score (nSPS) is 11.2. The van der Waals surface area contributed by atoms with Crippen molar-refractivity contribution in [2.75, 3.05) is 0 Å². The van der Waals surface area contributed by atoms with Crippen molar-refractivity contribution >= 4 is 21.9 Å². The summed E-state index contributed by atoms with van der Waals surface area (Å²) in [5.74, 6) is 0. The SMILES string of the molecule is Cc1ccc(-c2ccc(-c3c(C#N)ccc4c3oc3c(-c5cccc[n+]5C)c(C)ccc34)cc2C)cc1. The first-order valence-corrected chi connectivity index (χ1v) is 12.5. The van der Waals surface area contributed by atoms with Crippen molar-refractivity contribution in [3.05, 3.63) is 113 Å². The number of nitrogens with zero attached hydrogens (tertiary/aromatic N) is 2. The first-order chi connectivity index (χ1) is 18.0. The number of hydrogen-bond donors (Lipinski definition) is 0. The van der Waals surface area contributed by atoms with E-state index in [-0.39, 0.29) is 0 Å². The average Bonchev–Trinajstić information content (AvgIpc) is 3.28. The molecule has 178 valence electrons. The maximum atomic E-state index is 10.1. The van der Waals surface area contributed by atoms with Crippen molar-refractivity contribution in [2.24, 2.45) is 7.05 Å². The van der Waals surface area contributed by atoms with Crippen LogP contribution in [-0.2, 0) is 7.05 Å². The Morgan fingerprint density at radius 3 is 2.11 bits per heavy atom. The van der Waals surface area contributed by atoms with Crippen molar-refractivity contribution < 1.29 is 8.98 Å². The molecule has 0 N–H and O–H groups in total. The van der Waals surface area contributed by atoms with E-state index >= 15 is 0 Å². The third-order valence-electron chi connectivity index (χ3n) is 7.33. The van der Waals surface area contributed by atoms with Crippen LogP contribution in [0.1, 0.15) is 22.3 Å². The topological polar surface area (TPSA) is 40.8 Å². The quantitative estimate of drug-likeness (QED) is 0.240. The van der Waals surface area contributed by atoms with E-state index in [0.29, 0.717) is 5.56 Å². The first kappa shape index (κ1) is 22.8. The summed E-state index contributed by atoms with van der Waals surface area (Å²) in [7, 11) is 2.05. The van der Waals surface area contributed by atoms with Gasteiger partial charge < -0.3 is 4.42 Å². The van der Waals surface area contributed by atoms with E-state index in [1.807, 2.05) is 37.5 Å². The van der Waals surface area contributed by atoms with Crippen LogP contribution in [0, 0.1) is 32.1 Å². The molecule has 0 unspecified atom stereocenters. The summed E-state index contributed by atoms with van der Waals surface area (Å²) in [5.41, 5.74) is 12.1. The van der Waals surface area contributed by atoms with Crippen LogP contribution in [0.4, 0.5) is 0 Å². The van der Waals surface area contributed by atoms with Crippen LogP contribution in [0.5, 0.6) is 0 Å². The van der Waals surface area contributed by atoms with Crippen LogP contribution in [-0.4, -0.2) is 0 Å². The number of aryl methyl sites for hydroxylation is 4. The molecule has 6 rings (SSSR count). The van der Waals surface area contributed by atoms with Crippen LogP contribution in [0.15, 0.2) is 95.5 Å². The fourth-order valence-corrected chi connectivity index (χ4v) is 5.36. The monoisotopic (exact) mass is 479 g/mol. The highest BCUT2D eigenvalue weighted by molar-refractivity contribution is 6.14. The van der Waals surface area contributed by atoms with Gasteiger partial charge in [-0.2, -0.15) is 5.26 Å². The predicted molar refractivity (Wildman–Crippen MR) is 150 cm³/mol. The fourth-order valence-electron chi connectivity index (χ4n) is 5.36. The lowest BCUT2D eigenvalue weighted by Crippen LogP contribution is -2.30. The van der Waals surface area contributed by atoms with E-state index in [2.05, 4.69) is 92.1 Å². The Morgan fingerprint density at radius 2 is 1.41 bits per heavy atom. The van der Waals surface area contributed by atoms with Gasteiger partial charge in [0.25, 0.3) is 0 Å². The lowest BCUT2D eigenvalue weighted by molar-refractivity contribution is -0.660. The molecule has 37 heavy (non-hydrogen) atoms. The maximum Gasteiger partial charge on any atom is 0.216 e. The summed E-state index contributed by atoms with van der Waals surface area (Å²) >= 11 is 0. The Hall–Kier alpha value is -4.68. The zero-order chi connectivity index (χ0) is 25.7. The number of nitriles is 1. The fraction of sp³-hybridized carbons (Fsp3) is 0.118. The third-order valence-corrected chi connectivity index (χ3v) is 7.33. The molecule has 3 heteroatoms. The van der Waals surface area contributed by atoms with Gasteiger partial charge in [0.1, 0.15) is 18.2 Å².